The summed E-state index contributed by atoms with van der Waals surface area (Å²) in [5.74, 6) is 2.33. The van der Waals surface area contributed by atoms with E-state index in [-0.39, 0.29) is 0 Å². The third-order valence-corrected chi connectivity index (χ3v) is 3.24. The maximum atomic E-state index is 5.80. The minimum atomic E-state index is 0.592. The molecule has 20 heavy (non-hydrogen) atoms. The van der Waals surface area contributed by atoms with E-state index in [4.69, 9.17) is 14.2 Å². The molecule has 4 heteroatoms. The van der Waals surface area contributed by atoms with Crippen molar-refractivity contribution in [2.75, 3.05) is 32.9 Å². The summed E-state index contributed by atoms with van der Waals surface area (Å²) in [7, 11) is 0. The molecule has 0 amide bonds. The van der Waals surface area contributed by atoms with Gasteiger partial charge in [-0.3, -0.25) is 0 Å². The molecular weight excluding hydrogens is 254 g/mol. The van der Waals surface area contributed by atoms with Gasteiger partial charge in [-0.2, -0.15) is 0 Å². The second-order valence-corrected chi connectivity index (χ2v) is 4.94. The van der Waals surface area contributed by atoms with Crippen LogP contribution in [0.15, 0.2) is 18.2 Å². The SMILES string of the molecule is CCCCNCCCCOc1cccc2c1OCCO2. The third kappa shape index (κ3) is 4.60. The van der Waals surface area contributed by atoms with E-state index in [1.165, 1.54) is 12.8 Å². The number of nitrogens with one attached hydrogen (secondary N) is 1. The molecule has 1 heterocycles. The van der Waals surface area contributed by atoms with Crippen LogP contribution in [0.3, 0.4) is 0 Å². The lowest BCUT2D eigenvalue weighted by Crippen LogP contribution is -2.17. The van der Waals surface area contributed by atoms with Crippen LogP contribution < -0.4 is 19.5 Å². The highest BCUT2D eigenvalue weighted by molar-refractivity contribution is 5.51. The van der Waals surface area contributed by atoms with Crippen LogP contribution in [0.4, 0.5) is 0 Å². The maximum absolute atomic E-state index is 5.80. The van der Waals surface area contributed by atoms with Gasteiger partial charge in [0.2, 0.25) is 5.75 Å². The Labute approximate surface area is 121 Å². The van der Waals surface area contributed by atoms with Crippen molar-refractivity contribution >= 4 is 0 Å². The molecule has 112 valence electrons. The molecule has 1 aromatic carbocycles. The maximum Gasteiger partial charge on any atom is 0.203 e. The summed E-state index contributed by atoms with van der Waals surface area (Å²) in [4.78, 5) is 0. The van der Waals surface area contributed by atoms with Crippen molar-refractivity contribution in [2.45, 2.75) is 32.6 Å². The summed E-state index contributed by atoms with van der Waals surface area (Å²) in [5.41, 5.74) is 0. The topological polar surface area (TPSA) is 39.7 Å². The van der Waals surface area contributed by atoms with Crippen molar-refractivity contribution in [1.29, 1.82) is 0 Å². The molecule has 2 rings (SSSR count). The van der Waals surface area contributed by atoms with Gasteiger partial charge in [0.1, 0.15) is 13.2 Å². The fourth-order valence-electron chi connectivity index (χ4n) is 2.12. The Morgan fingerprint density at radius 1 is 1.10 bits per heavy atom. The number of hydrogen-bond acceptors (Lipinski definition) is 4. The Hall–Kier alpha value is -1.42. The molecule has 0 saturated heterocycles. The molecular formula is C16H25NO3. The summed E-state index contributed by atoms with van der Waals surface area (Å²) >= 11 is 0. The highest BCUT2D eigenvalue weighted by Crippen LogP contribution is 2.38. The summed E-state index contributed by atoms with van der Waals surface area (Å²) in [6.45, 7) is 6.32. The van der Waals surface area contributed by atoms with Crippen molar-refractivity contribution in [3.63, 3.8) is 0 Å². The second kappa shape index (κ2) is 8.69. The number of ether oxygens (including phenoxy) is 3. The Kier molecular flexibility index (Phi) is 6.51. The van der Waals surface area contributed by atoms with Gasteiger partial charge in [-0.15, -0.1) is 0 Å². The molecule has 0 aromatic heterocycles. The number of benzene rings is 1. The zero-order chi connectivity index (χ0) is 14.0. The number of fused-ring (bicyclic) bond motifs is 1. The van der Waals surface area contributed by atoms with E-state index in [9.17, 15) is 0 Å². The minimum absolute atomic E-state index is 0.592. The van der Waals surface area contributed by atoms with Crippen molar-refractivity contribution in [1.82, 2.24) is 5.32 Å². The molecule has 0 spiro atoms. The molecule has 0 saturated carbocycles. The van der Waals surface area contributed by atoms with Crippen LogP contribution in [0.2, 0.25) is 0 Å². The van der Waals surface area contributed by atoms with E-state index in [2.05, 4.69) is 12.2 Å². The molecule has 0 aliphatic carbocycles. The molecule has 1 aliphatic heterocycles. The van der Waals surface area contributed by atoms with E-state index >= 15 is 0 Å². The quantitative estimate of drug-likeness (QED) is 0.705. The molecule has 1 aromatic rings. The minimum Gasteiger partial charge on any atom is -0.490 e. The lowest BCUT2D eigenvalue weighted by Gasteiger charge is -2.20. The Morgan fingerprint density at radius 3 is 2.85 bits per heavy atom. The average molecular weight is 279 g/mol. The van der Waals surface area contributed by atoms with E-state index in [1.807, 2.05) is 18.2 Å². The Balaban J connectivity index is 1.64. The van der Waals surface area contributed by atoms with Gasteiger partial charge >= 0.3 is 0 Å². The standard InChI is InChI=1S/C16H25NO3/c1-2-3-9-17-10-4-5-11-18-14-7-6-8-15-16(14)20-13-12-19-15/h6-8,17H,2-5,9-13H2,1H3. The number of hydrogen-bond donors (Lipinski definition) is 1. The molecule has 4 nitrogen and oxygen atoms in total. The van der Waals surface area contributed by atoms with Gasteiger partial charge in [-0.25, -0.2) is 0 Å². The lowest BCUT2D eigenvalue weighted by molar-refractivity contribution is 0.161. The lowest BCUT2D eigenvalue weighted by atomic mass is 10.2. The predicted octanol–water partition coefficient (Wildman–Crippen LogP) is 3.01. The molecule has 1 aliphatic rings. The second-order valence-electron chi connectivity index (χ2n) is 4.94. The zero-order valence-electron chi connectivity index (χ0n) is 12.3. The van der Waals surface area contributed by atoms with E-state index in [1.54, 1.807) is 0 Å². The molecule has 0 bridgehead atoms. The number of para-hydroxylation sites is 1. The summed E-state index contributed by atoms with van der Waals surface area (Å²) in [5, 5.41) is 3.43. The summed E-state index contributed by atoms with van der Waals surface area (Å²) < 4.78 is 16.9. The van der Waals surface area contributed by atoms with Crippen LogP contribution in [-0.2, 0) is 0 Å². The van der Waals surface area contributed by atoms with E-state index in [0.717, 1.165) is 49.8 Å². The monoisotopic (exact) mass is 279 g/mol. The van der Waals surface area contributed by atoms with E-state index < -0.39 is 0 Å². The van der Waals surface area contributed by atoms with Gasteiger partial charge in [0.15, 0.2) is 11.5 Å². The summed E-state index contributed by atoms with van der Waals surface area (Å²) in [6, 6.07) is 5.79. The van der Waals surface area contributed by atoms with Gasteiger partial charge in [0, 0.05) is 0 Å². The van der Waals surface area contributed by atoms with E-state index in [0.29, 0.717) is 13.2 Å². The van der Waals surface area contributed by atoms with Gasteiger partial charge < -0.3 is 19.5 Å². The van der Waals surface area contributed by atoms with Crippen LogP contribution in [0.1, 0.15) is 32.6 Å². The highest BCUT2D eigenvalue weighted by atomic mass is 16.6. The van der Waals surface area contributed by atoms with Gasteiger partial charge in [-0.1, -0.05) is 19.4 Å². The van der Waals surface area contributed by atoms with Crippen LogP contribution >= 0.6 is 0 Å². The first-order valence-corrected chi connectivity index (χ1v) is 7.64. The number of unbranched alkanes of at least 4 members (excludes halogenated alkanes) is 2. The molecule has 1 N–H and O–H groups in total. The third-order valence-electron chi connectivity index (χ3n) is 3.24. The van der Waals surface area contributed by atoms with Crippen molar-refractivity contribution in [3.05, 3.63) is 18.2 Å². The first-order chi connectivity index (χ1) is 9.92. The summed E-state index contributed by atoms with van der Waals surface area (Å²) in [6.07, 6.45) is 4.68. The normalized spacial score (nSPS) is 13.2. The molecule has 0 atom stereocenters. The van der Waals surface area contributed by atoms with Crippen LogP contribution in [-0.4, -0.2) is 32.9 Å². The smallest absolute Gasteiger partial charge is 0.203 e. The first-order valence-electron chi connectivity index (χ1n) is 7.64. The molecule has 0 radical (unpaired) electrons. The molecule has 0 fully saturated rings. The van der Waals surface area contributed by atoms with Crippen molar-refractivity contribution < 1.29 is 14.2 Å². The average Bonchev–Trinajstić information content (AvgIpc) is 2.50. The fraction of sp³-hybridized carbons (Fsp3) is 0.625. The number of rotatable bonds is 9. The van der Waals surface area contributed by atoms with Gasteiger partial charge in [-0.05, 0) is 44.5 Å². The molecule has 0 unspecified atom stereocenters. The van der Waals surface area contributed by atoms with Crippen molar-refractivity contribution in [3.8, 4) is 17.2 Å². The fourth-order valence-corrected chi connectivity index (χ4v) is 2.12. The van der Waals surface area contributed by atoms with Crippen LogP contribution in [0.5, 0.6) is 17.2 Å². The highest BCUT2D eigenvalue weighted by Gasteiger charge is 2.16. The Bertz CT molecular complexity index is 395. The van der Waals surface area contributed by atoms with Gasteiger partial charge in [0.05, 0.1) is 6.61 Å². The predicted molar refractivity (Wildman–Crippen MR) is 79.9 cm³/mol. The van der Waals surface area contributed by atoms with Crippen LogP contribution in [0, 0.1) is 0 Å². The zero-order valence-corrected chi connectivity index (χ0v) is 12.3. The van der Waals surface area contributed by atoms with Gasteiger partial charge in [0.25, 0.3) is 0 Å². The van der Waals surface area contributed by atoms with Crippen LogP contribution in [0.25, 0.3) is 0 Å². The van der Waals surface area contributed by atoms with Crippen molar-refractivity contribution in [2.24, 2.45) is 0 Å². The Morgan fingerprint density at radius 2 is 1.95 bits per heavy atom. The first kappa shape index (κ1) is 15.0. The largest absolute Gasteiger partial charge is 0.490 e.